The Balaban J connectivity index is 2.21. The van der Waals surface area contributed by atoms with Crippen LogP contribution in [0, 0.1) is 0 Å². The third-order valence-corrected chi connectivity index (χ3v) is 4.50. The summed E-state index contributed by atoms with van der Waals surface area (Å²) < 4.78 is 10.8. The van der Waals surface area contributed by atoms with Crippen molar-refractivity contribution in [3.05, 3.63) is 42.5 Å². The molecule has 0 atom stereocenters. The Morgan fingerprint density at radius 3 is 2.38 bits per heavy atom. The molecule has 1 N–H and O–H groups in total. The maximum absolute atomic E-state index is 9.16. The van der Waals surface area contributed by atoms with E-state index in [-0.39, 0.29) is 6.61 Å². The second kappa shape index (κ2) is 7.51. The molecule has 2 aromatic carbocycles. The molecule has 0 radical (unpaired) electrons. The van der Waals surface area contributed by atoms with Crippen LogP contribution in [-0.4, -0.2) is 41.7 Å². The standard InChI is InChI=1S/C18H18N2O3S/c1-22-15-10-13-14(11-16(15)23-2)19-17(12-6-4-3-5-7-12)20-18(13)24-9-8-21/h3-7,10-11,21H,8-9H2,1-2H3. The van der Waals surface area contributed by atoms with E-state index < -0.39 is 0 Å². The normalized spacial score (nSPS) is 10.8. The minimum atomic E-state index is 0.0874. The van der Waals surface area contributed by atoms with Crippen LogP contribution in [0.2, 0.25) is 0 Å². The lowest BCUT2D eigenvalue weighted by Crippen LogP contribution is -1.98. The van der Waals surface area contributed by atoms with E-state index in [0.29, 0.717) is 23.1 Å². The van der Waals surface area contributed by atoms with Crippen LogP contribution in [0.1, 0.15) is 0 Å². The molecule has 0 fully saturated rings. The molecule has 0 saturated heterocycles. The molecule has 124 valence electrons. The van der Waals surface area contributed by atoms with Crippen LogP contribution < -0.4 is 9.47 Å². The third kappa shape index (κ3) is 3.29. The number of aliphatic hydroxyl groups is 1. The summed E-state index contributed by atoms with van der Waals surface area (Å²) in [6, 6.07) is 13.6. The maximum Gasteiger partial charge on any atom is 0.162 e. The highest BCUT2D eigenvalue weighted by molar-refractivity contribution is 7.99. The highest BCUT2D eigenvalue weighted by Crippen LogP contribution is 2.36. The monoisotopic (exact) mass is 342 g/mol. The van der Waals surface area contributed by atoms with Gasteiger partial charge in [0.1, 0.15) is 5.03 Å². The zero-order valence-electron chi connectivity index (χ0n) is 13.5. The first-order valence-electron chi connectivity index (χ1n) is 7.49. The molecule has 1 aromatic heterocycles. The maximum atomic E-state index is 9.16. The number of fused-ring (bicyclic) bond motifs is 1. The molecule has 1 heterocycles. The number of aromatic nitrogens is 2. The first kappa shape index (κ1) is 16.5. The molecule has 24 heavy (non-hydrogen) atoms. The minimum Gasteiger partial charge on any atom is -0.493 e. The van der Waals surface area contributed by atoms with Gasteiger partial charge in [-0.3, -0.25) is 0 Å². The lowest BCUT2D eigenvalue weighted by atomic mass is 10.2. The van der Waals surface area contributed by atoms with Gasteiger partial charge in [-0.2, -0.15) is 0 Å². The number of nitrogens with zero attached hydrogens (tertiary/aromatic N) is 2. The lowest BCUT2D eigenvalue weighted by Gasteiger charge is -2.12. The Morgan fingerprint density at radius 1 is 1.00 bits per heavy atom. The molecule has 3 aromatic rings. The Labute approximate surface area is 144 Å². The fourth-order valence-electron chi connectivity index (χ4n) is 2.40. The molecule has 3 rings (SSSR count). The fourth-order valence-corrected chi connectivity index (χ4v) is 3.15. The molecule has 0 amide bonds. The van der Waals surface area contributed by atoms with Gasteiger partial charge in [0, 0.05) is 22.8 Å². The predicted molar refractivity (Wildman–Crippen MR) is 95.9 cm³/mol. The van der Waals surface area contributed by atoms with Gasteiger partial charge in [-0.25, -0.2) is 9.97 Å². The fraction of sp³-hybridized carbons (Fsp3) is 0.222. The van der Waals surface area contributed by atoms with E-state index in [1.54, 1.807) is 14.2 Å². The summed E-state index contributed by atoms with van der Waals surface area (Å²) in [7, 11) is 3.20. The molecule has 0 aliphatic carbocycles. The van der Waals surface area contributed by atoms with Crippen molar-refractivity contribution in [2.45, 2.75) is 5.03 Å². The average molecular weight is 342 g/mol. The number of thioether (sulfide) groups is 1. The summed E-state index contributed by atoms with van der Waals surface area (Å²) in [5, 5.41) is 10.9. The van der Waals surface area contributed by atoms with Crippen LogP contribution in [0.25, 0.3) is 22.3 Å². The average Bonchev–Trinajstić information content (AvgIpc) is 2.65. The zero-order chi connectivity index (χ0) is 16.9. The Bertz CT molecular complexity index is 841. The van der Waals surface area contributed by atoms with Gasteiger partial charge in [0.05, 0.1) is 26.3 Å². The number of methoxy groups -OCH3 is 2. The second-order valence-electron chi connectivity index (χ2n) is 5.01. The van der Waals surface area contributed by atoms with Gasteiger partial charge in [0.2, 0.25) is 0 Å². The van der Waals surface area contributed by atoms with Crippen molar-refractivity contribution in [2.75, 3.05) is 26.6 Å². The number of rotatable bonds is 6. The van der Waals surface area contributed by atoms with E-state index >= 15 is 0 Å². The van der Waals surface area contributed by atoms with Crippen LogP contribution >= 0.6 is 11.8 Å². The van der Waals surface area contributed by atoms with Crippen molar-refractivity contribution in [3.63, 3.8) is 0 Å². The summed E-state index contributed by atoms with van der Waals surface area (Å²) in [5.74, 6) is 2.47. The van der Waals surface area contributed by atoms with Crippen molar-refractivity contribution in [3.8, 4) is 22.9 Å². The van der Waals surface area contributed by atoms with Crippen LogP contribution in [0.4, 0.5) is 0 Å². The van der Waals surface area contributed by atoms with Crippen LogP contribution in [0.3, 0.4) is 0 Å². The first-order chi connectivity index (χ1) is 11.8. The van der Waals surface area contributed by atoms with Crippen molar-refractivity contribution in [2.24, 2.45) is 0 Å². The molecule has 0 aliphatic rings. The molecule has 0 bridgehead atoms. The van der Waals surface area contributed by atoms with E-state index in [4.69, 9.17) is 14.6 Å². The van der Waals surface area contributed by atoms with E-state index in [9.17, 15) is 0 Å². The molecule has 0 unspecified atom stereocenters. The first-order valence-corrected chi connectivity index (χ1v) is 8.48. The van der Waals surface area contributed by atoms with E-state index in [1.807, 2.05) is 42.5 Å². The van der Waals surface area contributed by atoms with Gasteiger partial charge in [-0.05, 0) is 6.07 Å². The van der Waals surface area contributed by atoms with Gasteiger partial charge >= 0.3 is 0 Å². The number of hydrogen-bond acceptors (Lipinski definition) is 6. The second-order valence-corrected chi connectivity index (χ2v) is 6.10. The number of ether oxygens (including phenoxy) is 2. The Hall–Kier alpha value is -2.31. The summed E-state index contributed by atoms with van der Waals surface area (Å²) in [6.07, 6.45) is 0. The lowest BCUT2D eigenvalue weighted by molar-refractivity contribution is 0.322. The van der Waals surface area contributed by atoms with Gasteiger partial charge in [-0.1, -0.05) is 30.3 Å². The van der Waals surface area contributed by atoms with Crippen molar-refractivity contribution < 1.29 is 14.6 Å². The van der Waals surface area contributed by atoms with Crippen molar-refractivity contribution >= 4 is 22.7 Å². The molecular formula is C18H18N2O3S. The minimum absolute atomic E-state index is 0.0874. The van der Waals surface area contributed by atoms with Crippen LogP contribution in [-0.2, 0) is 0 Å². The van der Waals surface area contributed by atoms with Crippen LogP contribution in [0.15, 0.2) is 47.5 Å². The van der Waals surface area contributed by atoms with Gasteiger partial charge < -0.3 is 14.6 Å². The molecule has 0 saturated carbocycles. The summed E-state index contributed by atoms with van der Waals surface area (Å²) >= 11 is 1.49. The summed E-state index contributed by atoms with van der Waals surface area (Å²) in [4.78, 5) is 9.36. The largest absolute Gasteiger partial charge is 0.493 e. The highest BCUT2D eigenvalue weighted by atomic mass is 32.2. The van der Waals surface area contributed by atoms with Crippen molar-refractivity contribution in [1.29, 1.82) is 0 Å². The Kier molecular flexibility index (Phi) is 5.17. The van der Waals surface area contributed by atoms with Crippen molar-refractivity contribution in [1.82, 2.24) is 9.97 Å². The number of hydrogen-bond donors (Lipinski definition) is 1. The smallest absolute Gasteiger partial charge is 0.162 e. The van der Waals surface area contributed by atoms with Gasteiger partial charge in [0.25, 0.3) is 0 Å². The number of aliphatic hydroxyl groups excluding tert-OH is 1. The predicted octanol–water partition coefficient (Wildman–Crippen LogP) is 3.40. The molecule has 0 spiro atoms. The van der Waals surface area contributed by atoms with Gasteiger partial charge in [-0.15, -0.1) is 11.8 Å². The van der Waals surface area contributed by atoms with Gasteiger partial charge in [0.15, 0.2) is 17.3 Å². The third-order valence-electron chi connectivity index (χ3n) is 3.53. The molecular weight excluding hydrogens is 324 g/mol. The van der Waals surface area contributed by atoms with E-state index in [0.717, 1.165) is 21.5 Å². The topological polar surface area (TPSA) is 64.5 Å². The summed E-state index contributed by atoms with van der Waals surface area (Å²) in [6.45, 7) is 0.0874. The quantitative estimate of drug-likeness (QED) is 0.547. The molecule has 5 nitrogen and oxygen atoms in total. The summed E-state index contributed by atoms with van der Waals surface area (Å²) in [5.41, 5.74) is 1.72. The van der Waals surface area contributed by atoms with E-state index in [2.05, 4.69) is 9.97 Å². The molecule has 6 heteroatoms. The zero-order valence-corrected chi connectivity index (χ0v) is 14.3. The number of benzene rings is 2. The highest BCUT2D eigenvalue weighted by Gasteiger charge is 2.14. The van der Waals surface area contributed by atoms with Crippen LogP contribution in [0.5, 0.6) is 11.5 Å². The molecule has 0 aliphatic heterocycles. The van der Waals surface area contributed by atoms with E-state index in [1.165, 1.54) is 11.8 Å². The Morgan fingerprint density at radius 2 is 1.71 bits per heavy atom. The SMILES string of the molecule is COc1cc2nc(-c3ccccc3)nc(SCCO)c2cc1OC.